The maximum Gasteiger partial charge on any atom is 0.0410 e. The van der Waals surface area contributed by atoms with Gasteiger partial charge in [0.25, 0.3) is 0 Å². The quantitative estimate of drug-likeness (QED) is 0.844. The molecule has 0 saturated heterocycles. The van der Waals surface area contributed by atoms with Crippen LogP contribution in [0.15, 0.2) is 48.5 Å². The lowest BCUT2D eigenvalue weighted by Crippen LogP contribution is -2.21. The number of rotatable bonds is 5. The summed E-state index contributed by atoms with van der Waals surface area (Å²) in [6.45, 7) is 1.81. The van der Waals surface area contributed by atoms with Crippen molar-refractivity contribution in [2.75, 3.05) is 19.3 Å². The molecule has 0 fully saturated rings. The standard InChI is InChI=1S/C16H19ClN2/c1-19(10-9-13-5-3-2-4-6-13)12-14-11-15(17)7-8-16(14)18/h2-8,11H,9-10,12,18H2,1H3. The highest BCUT2D eigenvalue weighted by Gasteiger charge is 2.05. The van der Waals surface area contributed by atoms with Gasteiger partial charge in [0.1, 0.15) is 0 Å². The summed E-state index contributed by atoms with van der Waals surface area (Å²) in [6, 6.07) is 16.1. The van der Waals surface area contributed by atoms with E-state index in [0.717, 1.165) is 35.8 Å². The van der Waals surface area contributed by atoms with Crippen molar-refractivity contribution in [3.63, 3.8) is 0 Å². The SMILES string of the molecule is CN(CCc1ccccc1)Cc1cc(Cl)ccc1N. The van der Waals surface area contributed by atoms with Crippen molar-refractivity contribution in [3.05, 3.63) is 64.7 Å². The number of halogens is 1. The molecule has 0 heterocycles. The van der Waals surface area contributed by atoms with Crippen molar-refractivity contribution in [2.45, 2.75) is 13.0 Å². The fourth-order valence-corrected chi connectivity index (χ4v) is 2.24. The van der Waals surface area contributed by atoms with E-state index in [1.165, 1.54) is 5.56 Å². The molecule has 0 aliphatic carbocycles. The van der Waals surface area contributed by atoms with Crippen LogP contribution in [0.2, 0.25) is 5.02 Å². The molecule has 0 aliphatic heterocycles. The fourth-order valence-electron chi connectivity index (χ4n) is 2.05. The molecule has 0 atom stereocenters. The van der Waals surface area contributed by atoms with E-state index in [4.69, 9.17) is 17.3 Å². The predicted octanol–water partition coefficient (Wildman–Crippen LogP) is 3.60. The van der Waals surface area contributed by atoms with Gasteiger partial charge in [0.05, 0.1) is 0 Å². The number of likely N-dealkylation sites (N-methyl/N-ethyl adjacent to an activating group) is 1. The number of hydrogen-bond donors (Lipinski definition) is 1. The molecule has 3 heteroatoms. The monoisotopic (exact) mass is 274 g/mol. The Balaban J connectivity index is 1.90. The third kappa shape index (κ3) is 4.27. The van der Waals surface area contributed by atoms with E-state index >= 15 is 0 Å². The molecule has 19 heavy (non-hydrogen) atoms. The molecule has 2 rings (SSSR count). The summed E-state index contributed by atoms with van der Waals surface area (Å²) in [5.41, 5.74) is 9.20. The van der Waals surface area contributed by atoms with Crippen molar-refractivity contribution < 1.29 is 0 Å². The van der Waals surface area contributed by atoms with Gasteiger partial charge in [-0.25, -0.2) is 0 Å². The first kappa shape index (κ1) is 13.9. The summed E-state index contributed by atoms with van der Waals surface area (Å²) in [5.74, 6) is 0. The van der Waals surface area contributed by atoms with E-state index in [0.29, 0.717) is 0 Å². The minimum absolute atomic E-state index is 0.737. The van der Waals surface area contributed by atoms with Crippen LogP contribution in [0, 0.1) is 0 Å². The zero-order valence-corrected chi connectivity index (χ0v) is 11.9. The lowest BCUT2D eigenvalue weighted by Gasteiger charge is -2.18. The molecule has 100 valence electrons. The van der Waals surface area contributed by atoms with Crippen LogP contribution in [0.4, 0.5) is 5.69 Å². The van der Waals surface area contributed by atoms with Crippen LogP contribution in [0.1, 0.15) is 11.1 Å². The Hall–Kier alpha value is -1.51. The maximum atomic E-state index is 6.00. The Kier molecular flexibility index (Phi) is 4.83. The first-order valence-corrected chi connectivity index (χ1v) is 6.79. The highest BCUT2D eigenvalue weighted by Crippen LogP contribution is 2.19. The summed E-state index contributed by atoms with van der Waals surface area (Å²) < 4.78 is 0. The number of nitrogens with zero attached hydrogens (tertiary/aromatic N) is 1. The minimum Gasteiger partial charge on any atom is -0.398 e. The van der Waals surface area contributed by atoms with Crippen LogP contribution in [0.3, 0.4) is 0 Å². The minimum atomic E-state index is 0.737. The van der Waals surface area contributed by atoms with Gasteiger partial charge in [-0.3, -0.25) is 0 Å². The van der Waals surface area contributed by atoms with Crippen LogP contribution >= 0.6 is 11.6 Å². The van der Waals surface area contributed by atoms with Crippen LogP contribution in [-0.4, -0.2) is 18.5 Å². The zero-order chi connectivity index (χ0) is 13.7. The van der Waals surface area contributed by atoms with E-state index in [9.17, 15) is 0 Å². The number of benzene rings is 2. The molecule has 0 saturated carbocycles. The molecule has 0 radical (unpaired) electrons. The van der Waals surface area contributed by atoms with E-state index in [-0.39, 0.29) is 0 Å². The second kappa shape index (κ2) is 6.60. The normalized spacial score (nSPS) is 10.9. The summed E-state index contributed by atoms with van der Waals surface area (Å²) >= 11 is 6.00. The molecule has 0 spiro atoms. The smallest absolute Gasteiger partial charge is 0.0410 e. The third-order valence-electron chi connectivity index (χ3n) is 3.17. The van der Waals surface area contributed by atoms with Crippen LogP contribution in [0.25, 0.3) is 0 Å². The zero-order valence-electron chi connectivity index (χ0n) is 11.1. The maximum absolute atomic E-state index is 6.00. The van der Waals surface area contributed by atoms with Gasteiger partial charge in [-0.05, 0) is 42.8 Å². The third-order valence-corrected chi connectivity index (χ3v) is 3.41. The predicted molar refractivity (Wildman–Crippen MR) is 82.3 cm³/mol. The average Bonchev–Trinajstić information content (AvgIpc) is 2.42. The van der Waals surface area contributed by atoms with Gasteiger partial charge < -0.3 is 10.6 Å². The summed E-state index contributed by atoms with van der Waals surface area (Å²) in [6.07, 6.45) is 1.04. The van der Waals surface area contributed by atoms with Gasteiger partial charge in [-0.1, -0.05) is 41.9 Å². The first-order valence-electron chi connectivity index (χ1n) is 6.41. The van der Waals surface area contributed by atoms with Gasteiger partial charge in [0.2, 0.25) is 0 Å². The van der Waals surface area contributed by atoms with Gasteiger partial charge in [-0.2, -0.15) is 0 Å². The summed E-state index contributed by atoms with van der Waals surface area (Å²) in [4.78, 5) is 2.26. The van der Waals surface area contributed by atoms with Crippen molar-refractivity contribution in [1.82, 2.24) is 4.90 Å². The molecular weight excluding hydrogens is 256 g/mol. The summed E-state index contributed by atoms with van der Waals surface area (Å²) in [5, 5.41) is 0.737. The molecule has 0 aromatic heterocycles. The molecule has 0 bridgehead atoms. The Morgan fingerprint density at radius 2 is 1.84 bits per heavy atom. The van der Waals surface area contributed by atoms with E-state index < -0.39 is 0 Å². The topological polar surface area (TPSA) is 29.3 Å². The van der Waals surface area contributed by atoms with Crippen LogP contribution in [-0.2, 0) is 13.0 Å². The van der Waals surface area contributed by atoms with Gasteiger partial charge in [0.15, 0.2) is 0 Å². The summed E-state index contributed by atoms with van der Waals surface area (Å²) in [7, 11) is 2.10. The number of nitrogens with two attached hydrogens (primary N) is 1. The molecular formula is C16H19ClN2. The van der Waals surface area contributed by atoms with Crippen LogP contribution in [0.5, 0.6) is 0 Å². The molecule has 0 aliphatic rings. The Morgan fingerprint density at radius 3 is 2.58 bits per heavy atom. The molecule has 0 unspecified atom stereocenters. The van der Waals surface area contributed by atoms with Gasteiger partial charge >= 0.3 is 0 Å². The van der Waals surface area contributed by atoms with Crippen molar-refractivity contribution >= 4 is 17.3 Å². The second-order valence-corrected chi connectivity index (χ2v) is 5.25. The number of hydrogen-bond acceptors (Lipinski definition) is 2. The number of anilines is 1. The highest BCUT2D eigenvalue weighted by atomic mass is 35.5. The fraction of sp³-hybridized carbons (Fsp3) is 0.250. The molecule has 2 aromatic carbocycles. The van der Waals surface area contributed by atoms with E-state index in [2.05, 4.69) is 36.2 Å². The first-order chi connectivity index (χ1) is 9.15. The second-order valence-electron chi connectivity index (χ2n) is 4.82. The average molecular weight is 275 g/mol. The van der Waals surface area contributed by atoms with Crippen molar-refractivity contribution in [1.29, 1.82) is 0 Å². The lowest BCUT2D eigenvalue weighted by molar-refractivity contribution is 0.332. The molecule has 2 nitrogen and oxygen atoms in total. The van der Waals surface area contributed by atoms with Gasteiger partial charge in [-0.15, -0.1) is 0 Å². The Bertz CT molecular complexity index is 526. The Labute approximate surface area is 119 Å². The van der Waals surface area contributed by atoms with E-state index in [1.807, 2.05) is 24.3 Å². The van der Waals surface area contributed by atoms with Gasteiger partial charge in [0, 0.05) is 23.8 Å². The van der Waals surface area contributed by atoms with Crippen LogP contribution < -0.4 is 5.73 Å². The highest BCUT2D eigenvalue weighted by molar-refractivity contribution is 6.30. The van der Waals surface area contributed by atoms with Crippen molar-refractivity contribution in [2.24, 2.45) is 0 Å². The largest absolute Gasteiger partial charge is 0.398 e. The van der Waals surface area contributed by atoms with E-state index in [1.54, 1.807) is 0 Å². The number of nitrogen functional groups attached to an aromatic ring is 1. The molecule has 0 amide bonds. The lowest BCUT2D eigenvalue weighted by atomic mass is 10.1. The molecule has 2 aromatic rings. The van der Waals surface area contributed by atoms with Crippen molar-refractivity contribution in [3.8, 4) is 0 Å². The Morgan fingerprint density at radius 1 is 1.11 bits per heavy atom. The molecule has 2 N–H and O–H groups in total.